The fourth-order valence-corrected chi connectivity index (χ4v) is 2.11. The highest BCUT2D eigenvalue weighted by molar-refractivity contribution is 8.03. The molecule has 0 aliphatic carbocycles. The molecule has 1 N–H and O–H groups in total. The summed E-state index contributed by atoms with van der Waals surface area (Å²) < 4.78 is 5.42. The van der Waals surface area contributed by atoms with Crippen molar-refractivity contribution in [2.75, 3.05) is 0 Å². The molecule has 0 unspecified atom stereocenters. The fraction of sp³-hybridized carbons (Fsp3) is 0.0714. The molecular weight excluding hydrogens is 292 g/mol. The molecule has 6 nitrogen and oxygen atoms in total. The third kappa shape index (κ3) is 3.64. The van der Waals surface area contributed by atoms with Gasteiger partial charge in [0.1, 0.15) is 12.0 Å². The second-order valence-electron chi connectivity index (χ2n) is 4.01. The van der Waals surface area contributed by atoms with Gasteiger partial charge in [-0.2, -0.15) is 5.26 Å². The Bertz CT molecular complexity index is 698. The summed E-state index contributed by atoms with van der Waals surface area (Å²) in [5, 5.41) is 31.3. The third-order valence-corrected chi connectivity index (χ3v) is 3.19. The molecule has 0 saturated carbocycles. The van der Waals surface area contributed by atoms with Crippen LogP contribution in [0, 0.1) is 20.8 Å². The Labute approximate surface area is 124 Å². The minimum Gasteiger partial charge on any atom is -0.500 e. The molecule has 2 rings (SSSR count). The van der Waals surface area contributed by atoms with E-state index in [1.165, 1.54) is 6.07 Å². The largest absolute Gasteiger partial charge is 0.500 e. The number of phenolic OH excluding ortho intramolecular Hbond substituents is 1. The summed E-state index contributed by atoms with van der Waals surface area (Å²) >= 11 is 0.761. The number of thiocyanates is 1. The van der Waals surface area contributed by atoms with E-state index in [4.69, 9.17) is 10.00 Å². The quantitative estimate of drug-likeness (QED) is 0.393. The van der Waals surface area contributed by atoms with Crippen molar-refractivity contribution < 1.29 is 14.8 Å². The normalized spacial score (nSPS) is 9.86. The molecule has 2 aromatic carbocycles. The SMILES string of the molecule is N#CSc1cc(OCc2ccccc2)c(O)c([N+](=O)[O-])c1. The van der Waals surface area contributed by atoms with Crippen molar-refractivity contribution in [2.24, 2.45) is 0 Å². The Hall–Kier alpha value is -2.72. The predicted octanol–water partition coefficient (Wildman–Crippen LogP) is 3.45. The van der Waals surface area contributed by atoms with E-state index in [1.54, 1.807) is 0 Å². The van der Waals surface area contributed by atoms with E-state index in [-0.39, 0.29) is 12.4 Å². The van der Waals surface area contributed by atoms with Crippen LogP contribution in [0.5, 0.6) is 11.5 Å². The molecule has 106 valence electrons. The fourth-order valence-electron chi connectivity index (χ4n) is 1.66. The lowest BCUT2D eigenvalue weighted by molar-refractivity contribution is -0.386. The minimum absolute atomic E-state index is 0.0224. The van der Waals surface area contributed by atoms with Crippen LogP contribution in [0.15, 0.2) is 47.4 Å². The first-order chi connectivity index (χ1) is 10.1. The standard InChI is InChI=1S/C14H10N2O4S/c15-9-21-11-6-12(16(18)19)14(17)13(7-11)20-8-10-4-2-1-3-5-10/h1-7,17H,8H2. The van der Waals surface area contributed by atoms with Crippen LogP contribution in [0.1, 0.15) is 5.56 Å². The number of hydrogen-bond acceptors (Lipinski definition) is 6. The lowest BCUT2D eigenvalue weighted by Crippen LogP contribution is -1.97. The van der Waals surface area contributed by atoms with Crippen LogP contribution < -0.4 is 4.74 Å². The molecule has 21 heavy (non-hydrogen) atoms. The summed E-state index contributed by atoms with van der Waals surface area (Å²) in [6.45, 7) is 0.159. The highest BCUT2D eigenvalue weighted by Crippen LogP contribution is 2.40. The van der Waals surface area contributed by atoms with Crippen LogP contribution in [0.3, 0.4) is 0 Å². The molecule has 0 saturated heterocycles. The average Bonchev–Trinajstić information content (AvgIpc) is 2.48. The van der Waals surface area contributed by atoms with E-state index in [0.29, 0.717) is 4.90 Å². The van der Waals surface area contributed by atoms with Crippen molar-refractivity contribution in [3.8, 4) is 16.9 Å². The number of ether oxygens (including phenoxy) is 1. The van der Waals surface area contributed by atoms with E-state index in [9.17, 15) is 15.2 Å². The Kier molecular flexibility index (Phi) is 4.64. The number of aromatic hydroxyl groups is 1. The second kappa shape index (κ2) is 6.63. The molecule has 0 fully saturated rings. The Morgan fingerprint density at radius 2 is 2.05 bits per heavy atom. The highest BCUT2D eigenvalue weighted by Gasteiger charge is 2.20. The summed E-state index contributed by atoms with van der Waals surface area (Å²) in [5.74, 6) is -0.566. The van der Waals surface area contributed by atoms with Crippen LogP contribution in [0.25, 0.3) is 0 Å². The summed E-state index contributed by atoms with van der Waals surface area (Å²) in [4.78, 5) is 10.5. The number of thioether (sulfide) groups is 1. The van der Waals surface area contributed by atoms with Gasteiger partial charge in [-0.25, -0.2) is 0 Å². The van der Waals surface area contributed by atoms with E-state index in [2.05, 4.69) is 0 Å². The summed E-state index contributed by atoms with van der Waals surface area (Å²) in [6, 6.07) is 11.7. The molecule has 7 heteroatoms. The van der Waals surface area contributed by atoms with Crippen molar-refractivity contribution in [1.29, 1.82) is 5.26 Å². The average molecular weight is 302 g/mol. The van der Waals surface area contributed by atoms with Gasteiger partial charge in [0.15, 0.2) is 5.75 Å². The van der Waals surface area contributed by atoms with E-state index in [1.807, 2.05) is 35.7 Å². The summed E-state index contributed by atoms with van der Waals surface area (Å²) in [7, 11) is 0. The second-order valence-corrected chi connectivity index (χ2v) is 4.87. The van der Waals surface area contributed by atoms with Crippen molar-refractivity contribution in [2.45, 2.75) is 11.5 Å². The summed E-state index contributed by atoms with van der Waals surface area (Å²) in [5.41, 5.74) is 0.371. The maximum Gasteiger partial charge on any atom is 0.315 e. The zero-order chi connectivity index (χ0) is 15.2. The van der Waals surface area contributed by atoms with Gasteiger partial charge in [-0.15, -0.1) is 0 Å². The number of hydrogen-bond donors (Lipinski definition) is 1. The lowest BCUT2D eigenvalue weighted by atomic mass is 10.2. The van der Waals surface area contributed by atoms with Gasteiger partial charge in [0.2, 0.25) is 5.75 Å². The van der Waals surface area contributed by atoms with Gasteiger partial charge in [-0.1, -0.05) is 30.3 Å². The molecular formula is C14H10N2O4S. The zero-order valence-electron chi connectivity index (χ0n) is 10.7. The van der Waals surface area contributed by atoms with Gasteiger partial charge >= 0.3 is 5.69 Å². The van der Waals surface area contributed by atoms with Crippen molar-refractivity contribution >= 4 is 17.4 Å². The van der Waals surface area contributed by atoms with Crippen LogP contribution in [0.2, 0.25) is 0 Å². The predicted molar refractivity (Wildman–Crippen MR) is 77.0 cm³/mol. The zero-order valence-corrected chi connectivity index (χ0v) is 11.5. The molecule has 0 aromatic heterocycles. The van der Waals surface area contributed by atoms with Crippen molar-refractivity contribution in [3.63, 3.8) is 0 Å². The number of nitro benzene ring substituents is 1. The van der Waals surface area contributed by atoms with Gasteiger partial charge in [0, 0.05) is 11.0 Å². The first-order valence-corrected chi connectivity index (χ1v) is 6.67. The number of benzene rings is 2. The smallest absolute Gasteiger partial charge is 0.315 e. The third-order valence-electron chi connectivity index (χ3n) is 2.63. The number of nitro groups is 1. The van der Waals surface area contributed by atoms with Gasteiger partial charge in [-0.05, 0) is 23.4 Å². The Morgan fingerprint density at radius 1 is 1.33 bits per heavy atom. The molecule has 2 aromatic rings. The molecule has 0 atom stereocenters. The van der Waals surface area contributed by atoms with Gasteiger partial charge in [-0.3, -0.25) is 10.1 Å². The van der Waals surface area contributed by atoms with Crippen molar-refractivity contribution in [3.05, 3.63) is 58.1 Å². The molecule has 0 bridgehead atoms. The van der Waals surface area contributed by atoms with E-state index >= 15 is 0 Å². The highest BCUT2D eigenvalue weighted by atomic mass is 32.2. The molecule has 0 radical (unpaired) electrons. The van der Waals surface area contributed by atoms with Gasteiger partial charge < -0.3 is 9.84 Å². The molecule has 0 amide bonds. The van der Waals surface area contributed by atoms with Crippen LogP contribution >= 0.6 is 11.8 Å². The molecule has 0 aliphatic rings. The van der Waals surface area contributed by atoms with Crippen LogP contribution in [0.4, 0.5) is 5.69 Å². The number of rotatable bonds is 5. The van der Waals surface area contributed by atoms with E-state index < -0.39 is 16.4 Å². The number of nitriles is 1. The first kappa shape index (κ1) is 14.7. The molecule has 0 heterocycles. The van der Waals surface area contributed by atoms with Crippen LogP contribution in [-0.2, 0) is 6.61 Å². The van der Waals surface area contributed by atoms with Gasteiger partial charge in [0.05, 0.1) is 4.92 Å². The minimum atomic E-state index is -0.716. The molecule has 0 aliphatic heterocycles. The number of nitrogens with zero attached hydrogens (tertiary/aromatic N) is 2. The lowest BCUT2D eigenvalue weighted by Gasteiger charge is -2.09. The van der Waals surface area contributed by atoms with E-state index in [0.717, 1.165) is 23.4 Å². The van der Waals surface area contributed by atoms with Crippen LogP contribution in [-0.4, -0.2) is 10.0 Å². The first-order valence-electron chi connectivity index (χ1n) is 5.86. The Morgan fingerprint density at radius 3 is 2.67 bits per heavy atom. The maximum absolute atomic E-state index is 10.9. The maximum atomic E-state index is 10.9. The van der Waals surface area contributed by atoms with Gasteiger partial charge in [0.25, 0.3) is 0 Å². The monoisotopic (exact) mass is 302 g/mol. The summed E-state index contributed by atoms with van der Waals surface area (Å²) in [6.07, 6.45) is 0. The van der Waals surface area contributed by atoms with Crippen molar-refractivity contribution in [1.82, 2.24) is 0 Å². The number of phenols is 1. The Balaban J connectivity index is 2.29. The molecule has 0 spiro atoms. The topological polar surface area (TPSA) is 96.4 Å².